The summed E-state index contributed by atoms with van der Waals surface area (Å²) in [6.45, 7) is 0. The van der Waals surface area contributed by atoms with E-state index in [0.717, 1.165) is 89.4 Å². The van der Waals surface area contributed by atoms with Crippen LogP contribution in [0.15, 0.2) is 206 Å². The van der Waals surface area contributed by atoms with Crippen LogP contribution in [0.5, 0.6) is 11.5 Å². The van der Waals surface area contributed by atoms with Crippen molar-refractivity contribution in [3.8, 4) is 51.0 Å². The van der Waals surface area contributed by atoms with Gasteiger partial charge in [-0.3, -0.25) is 4.57 Å². The molecular formula is C54H34N4O. The maximum absolute atomic E-state index is 6.41. The molecule has 12 rings (SSSR count). The number of nitrogens with zero attached hydrogens (tertiary/aromatic N) is 4. The van der Waals surface area contributed by atoms with Crippen LogP contribution in [-0.2, 0) is 0 Å². The highest BCUT2D eigenvalue weighted by Gasteiger charge is 2.26. The first-order valence-corrected chi connectivity index (χ1v) is 19.9. The third kappa shape index (κ3) is 5.40. The Labute approximate surface area is 340 Å². The van der Waals surface area contributed by atoms with Gasteiger partial charge in [0.25, 0.3) is 0 Å². The predicted molar refractivity (Wildman–Crippen MR) is 242 cm³/mol. The molecular weight excluding hydrogens is 721 g/mol. The molecule has 0 fully saturated rings. The number of hydrogen-bond acceptors (Lipinski definition) is 4. The summed E-state index contributed by atoms with van der Waals surface area (Å²) in [7, 11) is 0. The predicted octanol–water partition coefficient (Wildman–Crippen LogP) is 14.5. The Morgan fingerprint density at radius 2 is 1.02 bits per heavy atom. The van der Waals surface area contributed by atoms with Gasteiger partial charge in [-0.15, -0.1) is 0 Å². The lowest BCUT2D eigenvalue weighted by atomic mass is 9.97. The van der Waals surface area contributed by atoms with Crippen LogP contribution in [0.25, 0.3) is 82.9 Å². The molecule has 0 atom stereocenters. The van der Waals surface area contributed by atoms with E-state index in [-0.39, 0.29) is 0 Å². The molecule has 59 heavy (non-hydrogen) atoms. The van der Waals surface area contributed by atoms with Gasteiger partial charge in [0.05, 0.1) is 33.6 Å². The van der Waals surface area contributed by atoms with Crippen LogP contribution in [0.2, 0.25) is 0 Å². The summed E-state index contributed by atoms with van der Waals surface area (Å²) in [6.07, 6.45) is 0. The summed E-state index contributed by atoms with van der Waals surface area (Å²) >= 11 is 0. The normalized spacial score (nSPS) is 12.2. The van der Waals surface area contributed by atoms with Crippen LogP contribution in [0.4, 0.5) is 17.1 Å². The van der Waals surface area contributed by atoms with Crippen LogP contribution in [0.3, 0.4) is 0 Å². The minimum absolute atomic E-state index is 0.653. The number of anilines is 3. The first-order valence-electron chi connectivity index (χ1n) is 19.9. The average molecular weight is 755 g/mol. The molecule has 1 aliphatic heterocycles. The largest absolute Gasteiger partial charge is 0.453 e. The van der Waals surface area contributed by atoms with Crippen LogP contribution in [0, 0.1) is 0 Å². The van der Waals surface area contributed by atoms with E-state index < -0.39 is 0 Å². The molecule has 0 N–H and O–H groups in total. The SMILES string of the molecule is c1ccc(-c2nc(-n3c4ccc(-c5ccc(-c6ccc7c(c6)N(c6ccccc6)c6ccccc6O7)cc5)cc4c4c5ccccc5ccc43)nc3ccccc23)cc1. The summed E-state index contributed by atoms with van der Waals surface area (Å²) in [5.74, 6) is 2.33. The highest BCUT2D eigenvalue weighted by Crippen LogP contribution is 2.51. The second kappa shape index (κ2) is 13.3. The lowest BCUT2D eigenvalue weighted by Crippen LogP contribution is -2.15. The second-order valence-corrected chi connectivity index (χ2v) is 15.0. The van der Waals surface area contributed by atoms with Gasteiger partial charge in [0.2, 0.25) is 5.95 Å². The molecule has 9 aromatic carbocycles. The molecule has 276 valence electrons. The fourth-order valence-corrected chi connectivity index (χ4v) is 8.81. The van der Waals surface area contributed by atoms with Gasteiger partial charge in [0.1, 0.15) is 0 Å². The van der Waals surface area contributed by atoms with Crippen molar-refractivity contribution in [1.29, 1.82) is 0 Å². The summed E-state index contributed by atoms with van der Waals surface area (Å²) in [6, 6.07) is 72.6. The van der Waals surface area contributed by atoms with E-state index in [1.165, 1.54) is 16.2 Å². The summed E-state index contributed by atoms with van der Waals surface area (Å²) < 4.78 is 8.65. The highest BCUT2D eigenvalue weighted by atomic mass is 16.5. The van der Waals surface area contributed by atoms with E-state index in [4.69, 9.17) is 14.7 Å². The number of ether oxygens (including phenoxy) is 1. The molecule has 0 saturated carbocycles. The van der Waals surface area contributed by atoms with Gasteiger partial charge in [-0.2, -0.15) is 0 Å². The van der Waals surface area contributed by atoms with E-state index in [1.807, 2.05) is 30.3 Å². The molecule has 0 spiro atoms. The van der Waals surface area contributed by atoms with Gasteiger partial charge >= 0.3 is 0 Å². The van der Waals surface area contributed by atoms with Gasteiger partial charge < -0.3 is 9.64 Å². The van der Waals surface area contributed by atoms with Crippen molar-refractivity contribution >= 4 is 60.5 Å². The average Bonchev–Trinajstić information content (AvgIpc) is 3.65. The quantitative estimate of drug-likeness (QED) is 0.175. The maximum Gasteiger partial charge on any atom is 0.235 e. The van der Waals surface area contributed by atoms with Crippen LogP contribution < -0.4 is 9.64 Å². The molecule has 1 aliphatic rings. The number of para-hydroxylation sites is 4. The lowest BCUT2D eigenvalue weighted by molar-refractivity contribution is 0.477. The van der Waals surface area contributed by atoms with E-state index in [0.29, 0.717) is 5.95 Å². The van der Waals surface area contributed by atoms with Gasteiger partial charge in [0, 0.05) is 27.4 Å². The van der Waals surface area contributed by atoms with Crippen LogP contribution in [-0.4, -0.2) is 14.5 Å². The minimum atomic E-state index is 0.653. The fraction of sp³-hybridized carbons (Fsp3) is 0. The third-order valence-electron chi connectivity index (χ3n) is 11.6. The Morgan fingerprint density at radius 1 is 0.390 bits per heavy atom. The molecule has 0 aliphatic carbocycles. The zero-order valence-corrected chi connectivity index (χ0v) is 31.8. The summed E-state index contributed by atoms with van der Waals surface area (Å²) in [5, 5.41) is 5.78. The second-order valence-electron chi connectivity index (χ2n) is 15.0. The van der Waals surface area contributed by atoms with Gasteiger partial charge in [0.15, 0.2) is 11.5 Å². The van der Waals surface area contributed by atoms with Crippen molar-refractivity contribution in [2.45, 2.75) is 0 Å². The van der Waals surface area contributed by atoms with Crippen molar-refractivity contribution < 1.29 is 4.74 Å². The lowest BCUT2D eigenvalue weighted by Gasteiger charge is -2.33. The zero-order chi connectivity index (χ0) is 38.9. The Bertz CT molecular complexity index is 3410. The Hall–Kier alpha value is -8.02. The molecule has 0 amide bonds. The highest BCUT2D eigenvalue weighted by molar-refractivity contribution is 6.21. The van der Waals surface area contributed by atoms with E-state index in [1.54, 1.807) is 0 Å². The molecule has 0 unspecified atom stereocenters. The number of benzene rings is 9. The first kappa shape index (κ1) is 33.2. The van der Waals surface area contributed by atoms with Crippen molar-refractivity contribution in [1.82, 2.24) is 14.5 Å². The summed E-state index contributed by atoms with van der Waals surface area (Å²) in [4.78, 5) is 12.8. The van der Waals surface area contributed by atoms with Crippen molar-refractivity contribution in [3.05, 3.63) is 206 Å². The summed E-state index contributed by atoms with van der Waals surface area (Å²) in [5.41, 5.74) is 12.7. The Morgan fingerprint density at radius 3 is 1.85 bits per heavy atom. The topological polar surface area (TPSA) is 43.2 Å². The molecule has 0 saturated heterocycles. The fourth-order valence-electron chi connectivity index (χ4n) is 8.81. The molecule has 0 radical (unpaired) electrons. The van der Waals surface area contributed by atoms with Crippen molar-refractivity contribution in [2.75, 3.05) is 4.90 Å². The standard InChI is InChI=1S/C54H34N4O/c1-3-14-38(15-4-1)53-43-19-9-10-20-45(43)55-54(56-53)58-46-30-28-39(33-44(46)52-42-18-8-7-13-37(42)27-31-48(52)58)35-23-25-36(26-24-35)40-29-32-51-49(34-40)57(41-16-5-2-6-17-41)47-21-11-12-22-50(47)59-51/h1-34H. The molecule has 2 aromatic heterocycles. The molecule has 0 bridgehead atoms. The number of aromatic nitrogens is 3. The number of fused-ring (bicyclic) bond motifs is 8. The molecule has 3 heterocycles. The Kier molecular flexibility index (Phi) is 7.47. The molecule has 5 heteroatoms. The van der Waals surface area contributed by atoms with Crippen LogP contribution in [0.1, 0.15) is 0 Å². The van der Waals surface area contributed by atoms with Crippen molar-refractivity contribution in [2.24, 2.45) is 0 Å². The minimum Gasteiger partial charge on any atom is -0.453 e. The monoisotopic (exact) mass is 754 g/mol. The van der Waals surface area contributed by atoms with Gasteiger partial charge in [-0.25, -0.2) is 9.97 Å². The van der Waals surface area contributed by atoms with E-state index in [2.05, 4.69) is 185 Å². The molecule has 5 nitrogen and oxygen atoms in total. The van der Waals surface area contributed by atoms with E-state index in [9.17, 15) is 0 Å². The van der Waals surface area contributed by atoms with Gasteiger partial charge in [-0.1, -0.05) is 146 Å². The number of hydrogen-bond donors (Lipinski definition) is 0. The third-order valence-corrected chi connectivity index (χ3v) is 11.6. The van der Waals surface area contributed by atoms with Gasteiger partial charge in [-0.05, 0) is 93.7 Å². The maximum atomic E-state index is 6.41. The molecule has 11 aromatic rings. The first-order chi connectivity index (χ1) is 29.2. The number of rotatable bonds is 5. The van der Waals surface area contributed by atoms with Crippen LogP contribution >= 0.6 is 0 Å². The smallest absolute Gasteiger partial charge is 0.235 e. The van der Waals surface area contributed by atoms with Crippen molar-refractivity contribution in [3.63, 3.8) is 0 Å². The Balaban J connectivity index is 0.981. The zero-order valence-electron chi connectivity index (χ0n) is 31.8. The van der Waals surface area contributed by atoms with E-state index >= 15 is 0 Å².